The van der Waals surface area contributed by atoms with E-state index in [0.29, 0.717) is 0 Å². The van der Waals surface area contributed by atoms with E-state index in [2.05, 4.69) is 0 Å². The average Bonchev–Trinajstić information content (AvgIpc) is 2.38. The van der Waals surface area contributed by atoms with Gasteiger partial charge in [0.25, 0.3) is 0 Å². The van der Waals surface area contributed by atoms with Gasteiger partial charge in [-0.05, 0) is 26.7 Å². The van der Waals surface area contributed by atoms with Crippen molar-refractivity contribution in [1.82, 2.24) is 0 Å². The molecule has 1 heterocycles. The van der Waals surface area contributed by atoms with Crippen molar-refractivity contribution in [3.8, 4) is 0 Å². The first-order chi connectivity index (χ1) is 5.97. The first-order valence-corrected chi connectivity index (χ1v) is 4.75. The second-order valence-electron chi connectivity index (χ2n) is 4.48. The number of fused-ring (bicyclic) bond motifs is 1. The highest BCUT2D eigenvalue weighted by molar-refractivity contribution is 5.00. The molecule has 0 spiro atoms. The van der Waals surface area contributed by atoms with Gasteiger partial charge in [0.15, 0.2) is 5.79 Å². The first kappa shape index (κ1) is 9.40. The Morgan fingerprint density at radius 2 is 2.23 bits per heavy atom. The molecule has 2 aliphatic rings. The lowest BCUT2D eigenvalue weighted by molar-refractivity contribution is -0.171. The van der Waals surface area contributed by atoms with Gasteiger partial charge in [0, 0.05) is 12.5 Å². The van der Waals surface area contributed by atoms with Crippen LogP contribution in [0, 0.1) is 5.92 Å². The van der Waals surface area contributed by atoms with Crippen LogP contribution in [-0.4, -0.2) is 29.3 Å². The van der Waals surface area contributed by atoms with Crippen LogP contribution >= 0.6 is 0 Å². The Balaban J connectivity index is 2.18. The molecule has 1 saturated carbocycles. The van der Waals surface area contributed by atoms with Crippen LogP contribution in [0.2, 0.25) is 0 Å². The van der Waals surface area contributed by atoms with E-state index in [9.17, 15) is 0 Å². The molecule has 4 nitrogen and oxygen atoms in total. The molecule has 0 aromatic rings. The van der Waals surface area contributed by atoms with Crippen molar-refractivity contribution in [2.24, 2.45) is 11.7 Å². The molecule has 13 heavy (non-hydrogen) atoms. The van der Waals surface area contributed by atoms with Crippen molar-refractivity contribution in [2.75, 3.05) is 6.61 Å². The summed E-state index contributed by atoms with van der Waals surface area (Å²) < 4.78 is 11.3. The third-order valence-corrected chi connectivity index (χ3v) is 2.90. The largest absolute Gasteiger partial charge is 0.396 e. The molecule has 1 saturated heterocycles. The first-order valence-electron chi connectivity index (χ1n) is 4.75. The van der Waals surface area contributed by atoms with E-state index in [-0.39, 0.29) is 18.6 Å². The van der Waals surface area contributed by atoms with Crippen molar-refractivity contribution in [2.45, 2.75) is 44.3 Å². The SMILES string of the molecule is CC1(C)O[C@@H]2[C@@H](CO)CC[C@@]2(N)O1. The zero-order valence-corrected chi connectivity index (χ0v) is 8.12. The number of ether oxygens (including phenoxy) is 2. The van der Waals surface area contributed by atoms with Gasteiger partial charge in [-0.3, -0.25) is 0 Å². The van der Waals surface area contributed by atoms with Crippen LogP contribution in [0.4, 0.5) is 0 Å². The number of hydrogen-bond acceptors (Lipinski definition) is 4. The van der Waals surface area contributed by atoms with Gasteiger partial charge < -0.3 is 20.3 Å². The van der Waals surface area contributed by atoms with E-state index in [1.807, 2.05) is 13.8 Å². The highest BCUT2D eigenvalue weighted by Crippen LogP contribution is 2.45. The van der Waals surface area contributed by atoms with Gasteiger partial charge >= 0.3 is 0 Å². The summed E-state index contributed by atoms with van der Waals surface area (Å²) in [6.07, 6.45) is 1.51. The fourth-order valence-electron chi connectivity index (χ4n) is 2.38. The molecule has 1 aliphatic carbocycles. The maximum atomic E-state index is 9.11. The fraction of sp³-hybridized carbons (Fsp3) is 1.00. The van der Waals surface area contributed by atoms with E-state index in [1.165, 1.54) is 0 Å². The summed E-state index contributed by atoms with van der Waals surface area (Å²) in [5.41, 5.74) is 5.38. The molecule has 0 radical (unpaired) electrons. The number of nitrogens with two attached hydrogens (primary N) is 1. The second-order valence-corrected chi connectivity index (χ2v) is 4.48. The van der Waals surface area contributed by atoms with E-state index in [4.69, 9.17) is 20.3 Å². The van der Waals surface area contributed by atoms with Gasteiger partial charge in [0.1, 0.15) is 11.8 Å². The van der Waals surface area contributed by atoms with Crippen molar-refractivity contribution < 1.29 is 14.6 Å². The minimum Gasteiger partial charge on any atom is -0.396 e. The normalized spacial score (nSPS) is 48.0. The number of rotatable bonds is 1. The molecule has 0 amide bonds. The summed E-state index contributed by atoms with van der Waals surface area (Å²) in [6.45, 7) is 3.84. The summed E-state index contributed by atoms with van der Waals surface area (Å²) in [6, 6.07) is 0. The van der Waals surface area contributed by atoms with Crippen molar-refractivity contribution in [3.63, 3.8) is 0 Å². The van der Waals surface area contributed by atoms with Gasteiger partial charge in [-0.25, -0.2) is 0 Å². The summed E-state index contributed by atoms with van der Waals surface area (Å²) >= 11 is 0. The minimum absolute atomic E-state index is 0.128. The van der Waals surface area contributed by atoms with E-state index in [1.54, 1.807) is 0 Å². The Morgan fingerprint density at radius 1 is 1.54 bits per heavy atom. The predicted octanol–water partition coefficient (Wildman–Crippen LogP) is 0.195. The molecule has 0 aromatic heterocycles. The van der Waals surface area contributed by atoms with Crippen molar-refractivity contribution >= 4 is 0 Å². The van der Waals surface area contributed by atoms with Crippen LogP contribution in [0.3, 0.4) is 0 Å². The van der Waals surface area contributed by atoms with Crippen LogP contribution in [0.15, 0.2) is 0 Å². The Morgan fingerprint density at radius 3 is 2.85 bits per heavy atom. The topological polar surface area (TPSA) is 64.7 Å². The molecule has 2 rings (SSSR count). The Hall–Kier alpha value is -0.160. The fourth-order valence-corrected chi connectivity index (χ4v) is 2.38. The standard InChI is InChI=1S/C9H17NO3/c1-8(2)12-7-6(5-11)3-4-9(7,10)13-8/h6-7,11H,3-5,10H2,1-2H3/t6-,7-,9-/m1/s1. The number of aliphatic hydroxyl groups excluding tert-OH is 1. The smallest absolute Gasteiger partial charge is 0.165 e. The zero-order valence-electron chi connectivity index (χ0n) is 8.12. The quantitative estimate of drug-likeness (QED) is 0.615. The second kappa shape index (κ2) is 2.67. The zero-order chi connectivity index (χ0) is 9.69. The van der Waals surface area contributed by atoms with Crippen LogP contribution in [0.1, 0.15) is 26.7 Å². The third kappa shape index (κ3) is 1.38. The summed E-state index contributed by atoms with van der Waals surface area (Å²) in [4.78, 5) is 0. The molecular weight excluding hydrogens is 170 g/mol. The molecule has 1 aliphatic heterocycles. The average molecular weight is 187 g/mol. The minimum atomic E-state index is -0.670. The van der Waals surface area contributed by atoms with E-state index < -0.39 is 11.5 Å². The van der Waals surface area contributed by atoms with Crippen molar-refractivity contribution in [3.05, 3.63) is 0 Å². The van der Waals surface area contributed by atoms with Gasteiger partial charge in [-0.15, -0.1) is 0 Å². The van der Waals surface area contributed by atoms with Gasteiger partial charge in [0.05, 0.1) is 0 Å². The van der Waals surface area contributed by atoms with Gasteiger partial charge in [-0.2, -0.15) is 0 Å². The number of hydrogen-bond donors (Lipinski definition) is 2. The maximum Gasteiger partial charge on any atom is 0.165 e. The summed E-state index contributed by atoms with van der Waals surface area (Å²) in [7, 11) is 0. The van der Waals surface area contributed by atoms with Crippen LogP contribution in [0.5, 0.6) is 0 Å². The van der Waals surface area contributed by atoms with Crippen LogP contribution in [-0.2, 0) is 9.47 Å². The van der Waals surface area contributed by atoms with Gasteiger partial charge in [0.2, 0.25) is 0 Å². The molecular formula is C9H17NO3. The molecule has 3 N–H and O–H groups in total. The lowest BCUT2D eigenvalue weighted by Crippen LogP contribution is -2.47. The third-order valence-electron chi connectivity index (χ3n) is 2.90. The molecule has 4 heteroatoms. The molecule has 2 fully saturated rings. The van der Waals surface area contributed by atoms with Crippen LogP contribution < -0.4 is 5.73 Å². The lowest BCUT2D eigenvalue weighted by atomic mass is 10.1. The Labute approximate surface area is 78.0 Å². The monoisotopic (exact) mass is 187 g/mol. The van der Waals surface area contributed by atoms with Crippen molar-refractivity contribution in [1.29, 1.82) is 0 Å². The molecule has 76 valence electrons. The summed E-state index contributed by atoms with van der Waals surface area (Å²) in [5, 5.41) is 9.11. The maximum absolute atomic E-state index is 9.11. The number of aliphatic hydroxyl groups is 1. The van der Waals surface area contributed by atoms with Crippen LogP contribution in [0.25, 0.3) is 0 Å². The lowest BCUT2D eigenvalue weighted by Gasteiger charge is -2.23. The molecule has 0 aromatic carbocycles. The summed E-state index contributed by atoms with van der Waals surface area (Å²) in [5.74, 6) is -0.473. The molecule has 0 unspecified atom stereocenters. The molecule has 3 atom stereocenters. The van der Waals surface area contributed by atoms with E-state index in [0.717, 1.165) is 12.8 Å². The Kier molecular flexibility index (Phi) is 1.93. The van der Waals surface area contributed by atoms with E-state index >= 15 is 0 Å². The van der Waals surface area contributed by atoms with Gasteiger partial charge in [-0.1, -0.05) is 0 Å². The Bertz CT molecular complexity index is 219. The highest BCUT2D eigenvalue weighted by Gasteiger charge is 2.57. The predicted molar refractivity (Wildman–Crippen MR) is 46.8 cm³/mol. The highest BCUT2D eigenvalue weighted by atomic mass is 16.8. The molecule has 0 bridgehead atoms.